The molecule has 8 heteroatoms. The molecule has 3 rings (SSSR count). The molecule has 0 aliphatic heterocycles. The van der Waals surface area contributed by atoms with Gasteiger partial charge in [0.25, 0.3) is 5.91 Å². The standard InChI is InChI=1S/C18H18BrN5O2/c1-2-26-15-9-7-14(8-10-15)21-18(25)16-17(20)24(23-22-16)11-12-3-5-13(19)6-4-12/h3-10H,2,11,20H2,1H3,(H,21,25). The third-order valence-electron chi connectivity index (χ3n) is 3.66. The lowest BCUT2D eigenvalue weighted by molar-refractivity contribution is 0.102. The van der Waals surface area contributed by atoms with Crippen LogP contribution in [0.4, 0.5) is 11.5 Å². The minimum atomic E-state index is -0.409. The molecular formula is C18H18BrN5O2. The molecule has 0 saturated heterocycles. The molecule has 0 aliphatic rings. The van der Waals surface area contributed by atoms with Gasteiger partial charge in [-0.15, -0.1) is 5.10 Å². The third-order valence-corrected chi connectivity index (χ3v) is 4.19. The topological polar surface area (TPSA) is 95.1 Å². The number of nitrogens with zero attached hydrogens (tertiary/aromatic N) is 3. The van der Waals surface area contributed by atoms with Crippen LogP contribution < -0.4 is 15.8 Å². The van der Waals surface area contributed by atoms with Crippen LogP contribution in [-0.2, 0) is 6.54 Å². The normalized spacial score (nSPS) is 10.5. The van der Waals surface area contributed by atoms with E-state index in [9.17, 15) is 4.79 Å². The molecule has 1 aromatic heterocycles. The second-order valence-electron chi connectivity index (χ2n) is 5.52. The number of anilines is 2. The molecule has 0 spiro atoms. The molecule has 0 atom stereocenters. The molecular weight excluding hydrogens is 398 g/mol. The third kappa shape index (κ3) is 4.20. The van der Waals surface area contributed by atoms with Gasteiger partial charge >= 0.3 is 0 Å². The van der Waals surface area contributed by atoms with Crippen molar-refractivity contribution in [1.82, 2.24) is 15.0 Å². The van der Waals surface area contributed by atoms with Gasteiger partial charge in [0.15, 0.2) is 11.5 Å². The van der Waals surface area contributed by atoms with E-state index in [1.54, 1.807) is 24.3 Å². The first-order valence-corrected chi connectivity index (χ1v) is 8.83. The molecule has 26 heavy (non-hydrogen) atoms. The van der Waals surface area contributed by atoms with Crippen molar-refractivity contribution >= 4 is 33.3 Å². The summed E-state index contributed by atoms with van der Waals surface area (Å²) in [6, 6.07) is 14.8. The molecule has 0 aliphatic carbocycles. The number of ether oxygens (including phenoxy) is 1. The van der Waals surface area contributed by atoms with Gasteiger partial charge in [0.05, 0.1) is 13.2 Å². The molecule has 3 aromatic rings. The Kier molecular flexibility index (Phi) is 5.52. The lowest BCUT2D eigenvalue weighted by atomic mass is 10.2. The summed E-state index contributed by atoms with van der Waals surface area (Å²) in [5.41, 5.74) is 7.77. The van der Waals surface area contributed by atoms with Crippen molar-refractivity contribution in [2.24, 2.45) is 0 Å². The number of aromatic nitrogens is 3. The van der Waals surface area contributed by atoms with Crippen LogP contribution in [0.2, 0.25) is 0 Å². The van der Waals surface area contributed by atoms with Gasteiger partial charge < -0.3 is 15.8 Å². The lowest BCUT2D eigenvalue weighted by Crippen LogP contribution is -2.15. The number of hydrogen-bond donors (Lipinski definition) is 2. The minimum Gasteiger partial charge on any atom is -0.494 e. The van der Waals surface area contributed by atoms with E-state index in [2.05, 4.69) is 31.6 Å². The summed E-state index contributed by atoms with van der Waals surface area (Å²) in [5.74, 6) is 0.551. The Morgan fingerprint density at radius 2 is 1.88 bits per heavy atom. The first kappa shape index (κ1) is 17.9. The quantitative estimate of drug-likeness (QED) is 0.643. The van der Waals surface area contributed by atoms with Gasteiger partial charge in [-0.2, -0.15) is 0 Å². The second-order valence-corrected chi connectivity index (χ2v) is 6.43. The Labute approximate surface area is 159 Å². The maximum absolute atomic E-state index is 12.4. The number of rotatable bonds is 6. The van der Waals surface area contributed by atoms with Crippen molar-refractivity contribution < 1.29 is 9.53 Å². The molecule has 1 amide bonds. The fourth-order valence-electron chi connectivity index (χ4n) is 2.35. The van der Waals surface area contributed by atoms with Crippen molar-refractivity contribution in [3.8, 4) is 5.75 Å². The number of hydrogen-bond acceptors (Lipinski definition) is 5. The maximum atomic E-state index is 12.4. The highest BCUT2D eigenvalue weighted by molar-refractivity contribution is 9.10. The molecule has 2 aromatic carbocycles. The summed E-state index contributed by atoms with van der Waals surface area (Å²) in [6.07, 6.45) is 0. The number of nitrogens with one attached hydrogen (secondary N) is 1. The summed E-state index contributed by atoms with van der Waals surface area (Å²) in [6.45, 7) is 2.93. The summed E-state index contributed by atoms with van der Waals surface area (Å²) in [5, 5.41) is 10.7. The van der Waals surface area contributed by atoms with E-state index in [0.29, 0.717) is 18.8 Å². The van der Waals surface area contributed by atoms with Gasteiger partial charge in [0, 0.05) is 10.2 Å². The van der Waals surface area contributed by atoms with Crippen LogP contribution >= 0.6 is 15.9 Å². The number of benzene rings is 2. The zero-order chi connectivity index (χ0) is 18.5. The fraction of sp³-hybridized carbons (Fsp3) is 0.167. The van der Waals surface area contributed by atoms with Crippen LogP contribution in [0.15, 0.2) is 53.0 Å². The van der Waals surface area contributed by atoms with Crippen LogP contribution in [-0.4, -0.2) is 27.5 Å². The summed E-state index contributed by atoms with van der Waals surface area (Å²) in [7, 11) is 0. The average Bonchev–Trinajstić information content (AvgIpc) is 2.99. The van der Waals surface area contributed by atoms with E-state index in [1.165, 1.54) is 4.68 Å². The molecule has 0 saturated carbocycles. The van der Waals surface area contributed by atoms with Crippen molar-refractivity contribution in [3.63, 3.8) is 0 Å². The highest BCUT2D eigenvalue weighted by atomic mass is 79.9. The number of nitrogens with two attached hydrogens (primary N) is 1. The molecule has 0 unspecified atom stereocenters. The van der Waals surface area contributed by atoms with Crippen molar-refractivity contribution in [2.45, 2.75) is 13.5 Å². The Bertz CT molecular complexity index is 891. The Balaban J connectivity index is 1.70. The monoisotopic (exact) mass is 415 g/mol. The van der Waals surface area contributed by atoms with Crippen molar-refractivity contribution in [3.05, 3.63) is 64.3 Å². The van der Waals surface area contributed by atoms with E-state index >= 15 is 0 Å². The van der Waals surface area contributed by atoms with Crippen LogP contribution in [0.3, 0.4) is 0 Å². The minimum absolute atomic E-state index is 0.0935. The summed E-state index contributed by atoms with van der Waals surface area (Å²) < 4.78 is 7.86. The number of halogens is 1. The first-order valence-electron chi connectivity index (χ1n) is 8.04. The van der Waals surface area contributed by atoms with E-state index in [0.717, 1.165) is 15.8 Å². The number of carbonyl (C=O) groups is 1. The number of amides is 1. The Hall–Kier alpha value is -2.87. The zero-order valence-electron chi connectivity index (χ0n) is 14.1. The molecule has 134 valence electrons. The lowest BCUT2D eigenvalue weighted by Gasteiger charge is -2.07. The average molecular weight is 416 g/mol. The van der Waals surface area contributed by atoms with Gasteiger partial charge in [-0.25, -0.2) is 4.68 Å². The van der Waals surface area contributed by atoms with E-state index in [1.807, 2.05) is 31.2 Å². The van der Waals surface area contributed by atoms with Crippen LogP contribution in [0.5, 0.6) is 5.75 Å². The summed E-state index contributed by atoms with van der Waals surface area (Å²) >= 11 is 3.39. The molecule has 3 N–H and O–H groups in total. The maximum Gasteiger partial charge on any atom is 0.280 e. The zero-order valence-corrected chi connectivity index (χ0v) is 15.7. The molecule has 7 nitrogen and oxygen atoms in total. The predicted octanol–water partition coefficient (Wildman–Crippen LogP) is 3.32. The second kappa shape index (κ2) is 8.01. The fourth-order valence-corrected chi connectivity index (χ4v) is 2.62. The smallest absolute Gasteiger partial charge is 0.280 e. The van der Waals surface area contributed by atoms with Gasteiger partial charge in [-0.3, -0.25) is 4.79 Å². The highest BCUT2D eigenvalue weighted by Crippen LogP contribution is 2.18. The van der Waals surface area contributed by atoms with E-state index in [4.69, 9.17) is 10.5 Å². The molecule has 1 heterocycles. The first-order chi connectivity index (χ1) is 12.6. The van der Waals surface area contributed by atoms with Crippen molar-refractivity contribution in [1.29, 1.82) is 0 Å². The molecule has 0 radical (unpaired) electrons. The van der Waals surface area contributed by atoms with Crippen molar-refractivity contribution in [2.75, 3.05) is 17.7 Å². The van der Waals surface area contributed by atoms with Gasteiger partial charge in [0.1, 0.15) is 5.75 Å². The number of nitrogen functional groups attached to an aromatic ring is 1. The SMILES string of the molecule is CCOc1ccc(NC(=O)c2nnn(Cc3ccc(Br)cc3)c2N)cc1. The van der Waals surface area contributed by atoms with Crippen LogP contribution in [0.1, 0.15) is 23.0 Å². The van der Waals surface area contributed by atoms with Crippen LogP contribution in [0.25, 0.3) is 0 Å². The molecule has 0 bridgehead atoms. The summed E-state index contributed by atoms with van der Waals surface area (Å²) in [4.78, 5) is 12.4. The van der Waals surface area contributed by atoms with Gasteiger partial charge in [-0.1, -0.05) is 33.3 Å². The van der Waals surface area contributed by atoms with E-state index < -0.39 is 5.91 Å². The Morgan fingerprint density at radius 3 is 2.54 bits per heavy atom. The van der Waals surface area contributed by atoms with Gasteiger partial charge in [0.2, 0.25) is 0 Å². The van der Waals surface area contributed by atoms with E-state index in [-0.39, 0.29) is 11.5 Å². The van der Waals surface area contributed by atoms with Crippen LogP contribution in [0, 0.1) is 0 Å². The molecule has 0 fully saturated rings. The largest absolute Gasteiger partial charge is 0.494 e. The predicted molar refractivity (Wildman–Crippen MR) is 103 cm³/mol. The Morgan fingerprint density at radius 1 is 1.19 bits per heavy atom. The number of carbonyl (C=O) groups excluding carboxylic acids is 1. The highest BCUT2D eigenvalue weighted by Gasteiger charge is 2.17. The van der Waals surface area contributed by atoms with Gasteiger partial charge in [-0.05, 0) is 48.9 Å².